The summed E-state index contributed by atoms with van der Waals surface area (Å²) in [6, 6.07) is 3.98. The molecule has 1 aromatic rings. The van der Waals surface area contributed by atoms with Gasteiger partial charge in [0.05, 0.1) is 18.9 Å². The summed E-state index contributed by atoms with van der Waals surface area (Å²) in [5.41, 5.74) is 7.54. The third-order valence-corrected chi connectivity index (χ3v) is 3.07. The van der Waals surface area contributed by atoms with Gasteiger partial charge in [-0.15, -0.1) is 0 Å². The van der Waals surface area contributed by atoms with Crippen molar-refractivity contribution in [3.8, 4) is 0 Å². The average molecular weight is 236 g/mol. The lowest BCUT2D eigenvalue weighted by atomic mass is 10.0. The van der Waals surface area contributed by atoms with Crippen molar-refractivity contribution in [3.63, 3.8) is 0 Å². The monoisotopic (exact) mass is 236 g/mol. The molecule has 0 bridgehead atoms. The summed E-state index contributed by atoms with van der Waals surface area (Å²) >= 11 is 0. The van der Waals surface area contributed by atoms with E-state index in [1.807, 2.05) is 18.3 Å². The molecule has 94 valence electrons. The third-order valence-electron chi connectivity index (χ3n) is 3.07. The molecule has 4 nitrogen and oxygen atoms in total. The van der Waals surface area contributed by atoms with Gasteiger partial charge in [-0.05, 0) is 30.4 Å². The number of ether oxygens (including phenoxy) is 2. The largest absolute Gasteiger partial charge is 0.381 e. The molecule has 0 radical (unpaired) electrons. The van der Waals surface area contributed by atoms with E-state index in [0.717, 1.165) is 43.9 Å². The predicted octanol–water partition coefficient (Wildman–Crippen LogP) is 1.48. The van der Waals surface area contributed by atoms with E-state index in [-0.39, 0.29) is 0 Å². The number of pyridine rings is 1. The molecule has 1 aliphatic rings. The molecule has 0 aliphatic carbocycles. The molecular formula is C13H20N2O2. The van der Waals surface area contributed by atoms with Gasteiger partial charge in [0.1, 0.15) is 0 Å². The fourth-order valence-electron chi connectivity index (χ4n) is 1.90. The van der Waals surface area contributed by atoms with E-state index in [2.05, 4.69) is 4.98 Å². The van der Waals surface area contributed by atoms with E-state index in [1.54, 1.807) is 0 Å². The summed E-state index contributed by atoms with van der Waals surface area (Å²) < 4.78 is 11.0. The van der Waals surface area contributed by atoms with Crippen molar-refractivity contribution in [2.24, 2.45) is 11.7 Å². The lowest BCUT2D eigenvalue weighted by Gasteiger charge is -2.21. The SMILES string of the molecule is NCc1ccc(COCC2CCOCC2)nc1. The minimum atomic E-state index is 0.538. The summed E-state index contributed by atoms with van der Waals surface area (Å²) in [6.45, 7) is 3.68. The van der Waals surface area contributed by atoms with Crippen LogP contribution >= 0.6 is 0 Å². The molecule has 17 heavy (non-hydrogen) atoms. The van der Waals surface area contributed by atoms with E-state index in [4.69, 9.17) is 15.2 Å². The van der Waals surface area contributed by atoms with Crippen molar-refractivity contribution < 1.29 is 9.47 Å². The van der Waals surface area contributed by atoms with Crippen molar-refractivity contribution in [1.29, 1.82) is 0 Å². The first-order chi connectivity index (χ1) is 8.38. The maximum Gasteiger partial charge on any atom is 0.0887 e. The van der Waals surface area contributed by atoms with Crippen LogP contribution in [0.4, 0.5) is 0 Å². The highest BCUT2D eigenvalue weighted by Crippen LogP contribution is 2.15. The second kappa shape index (κ2) is 6.69. The van der Waals surface area contributed by atoms with E-state index >= 15 is 0 Å². The van der Waals surface area contributed by atoms with Crippen LogP contribution in [0.5, 0.6) is 0 Å². The Kier molecular flexibility index (Phi) is 4.91. The molecule has 0 unspecified atom stereocenters. The molecule has 2 heterocycles. The lowest BCUT2D eigenvalue weighted by molar-refractivity contribution is 0.0150. The lowest BCUT2D eigenvalue weighted by Crippen LogP contribution is -2.20. The van der Waals surface area contributed by atoms with Crippen LogP contribution in [-0.2, 0) is 22.6 Å². The number of hydrogen-bond donors (Lipinski definition) is 1. The van der Waals surface area contributed by atoms with E-state index in [1.165, 1.54) is 0 Å². The summed E-state index contributed by atoms with van der Waals surface area (Å²) in [6.07, 6.45) is 4.03. The van der Waals surface area contributed by atoms with Crippen LogP contribution in [-0.4, -0.2) is 24.8 Å². The number of nitrogens with two attached hydrogens (primary N) is 1. The smallest absolute Gasteiger partial charge is 0.0887 e. The predicted molar refractivity (Wildman–Crippen MR) is 65.3 cm³/mol. The zero-order valence-electron chi connectivity index (χ0n) is 10.1. The highest BCUT2D eigenvalue weighted by atomic mass is 16.5. The molecule has 1 saturated heterocycles. The van der Waals surface area contributed by atoms with Gasteiger partial charge in [0.25, 0.3) is 0 Å². The molecular weight excluding hydrogens is 216 g/mol. The summed E-state index contributed by atoms with van der Waals surface area (Å²) in [5.74, 6) is 0.645. The van der Waals surface area contributed by atoms with Crippen molar-refractivity contribution in [2.45, 2.75) is 26.0 Å². The molecule has 4 heteroatoms. The molecule has 0 amide bonds. The van der Waals surface area contributed by atoms with E-state index < -0.39 is 0 Å². The highest BCUT2D eigenvalue weighted by Gasteiger charge is 2.13. The van der Waals surface area contributed by atoms with Gasteiger partial charge in [-0.1, -0.05) is 6.07 Å². The van der Waals surface area contributed by atoms with Gasteiger partial charge in [-0.3, -0.25) is 4.98 Å². The van der Waals surface area contributed by atoms with Gasteiger partial charge in [-0.25, -0.2) is 0 Å². The first-order valence-electron chi connectivity index (χ1n) is 6.18. The van der Waals surface area contributed by atoms with Gasteiger partial charge in [0, 0.05) is 26.0 Å². The Balaban J connectivity index is 1.69. The summed E-state index contributed by atoms with van der Waals surface area (Å²) in [7, 11) is 0. The zero-order valence-corrected chi connectivity index (χ0v) is 10.1. The fraction of sp³-hybridized carbons (Fsp3) is 0.615. The molecule has 1 fully saturated rings. The Bertz CT molecular complexity index is 321. The van der Waals surface area contributed by atoms with Crippen molar-refractivity contribution >= 4 is 0 Å². The maximum absolute atomic E-state index is 5.68. The van der Waals surface area contributed by atoms with Crippen molar-refractivity contribution in [2.75, 3.05) is 19.8 Å². The summed E-state index contributed by atoms with van der Waals surface area (Å²) in [4.78, 5) is 4.30. The Morgan fingerprint density at radius 2 is 2.18 bits per heavy atom. The van der Waals surface area contributed by atoms with E-state index in [0.29, 0.717) is 19.1 Å². The topological polar surface area (TPSA) is 57.4 Å². The number of aromatic nitrogens is 1. The second-order valence-corrected chi connectivity index (χ2v) is 4.43. The fourth-order valence-corrected chi connectivity index (χ4v) is 1.90. The maximum atomic E-state index is 5.68. The number of hydrogen-bond acceptors (Lipinski definition) is 4. The molecule has 1 aromatic heterocycles. The minimum absolute atomic E-state index is 0.538. The first-order valence-corrected chi connectivity index (χ1v) is 6.18. The molecule has 0 saturated carbocycles. The first kappa shape index (κ1) is 12.5. The Labute approximate surface area is 102 Å². The Hall–Kier alpha value is -0.970. The van der Waals surface area contributed by atoms with E-state index in [9.17, 15) is 0 Å². The normalized spacial score (nSPS) is 17.2. The Morgan fingerprint density at radius 1 is 1.35 bits per heavy atom. The number of nitrogens with zero attached hydrogens (tertiary/aromatic N) is 1. The zero-order chi connectivity index (χ0) is 11.9. The molecule has 2 N–H and O–H groups in total. The van der Waals surface area contributed by atoms with Gasteiger partial charge < -0.3 is 15.2 Å². The minimum Gasteiger partial charge on any atom is -0.381 e. The van der Waals surface area contributed by atoms with Crippen molar-refractivity contribution in [3.05, 3.63) is 29.6 Å². The summed E-state index contributed by atoms with van der Waals surface area (Å²) in [5, 5.41) is 0. The van der Waals surface area contributed by atoms with Gasteiger partial charge in [0.15, 0.2) is 0 Å². The van der Waals surface area contributed by atoms with Gasteiger partial charge in [0.2, 0.25) is 0 Å². The second-order valence-electron chi connectivity index (χ2n) is 4.43. The average Bonchev–Trinajstić information content (AvgIpc) is 2.41. The molecule has 0 aromatic carbocycles. The molecule has 1 aliphatic heterocycles. The van der Waals surface area contributed by atoms with Gasteiger partial charge >= 0.3 is 0 Å². The number of rotatable bonds is 5. The van der Waals surface area contributed by atoms with Crippen LogP contribution in [0.15, 0.2) is 18.3 Å². The third kappa shape index (κ3) is 4.07. The van der Waals surface area contributed by atoms with Crippen LogP contribution in [0.2, 0.25) is 0 Å². The van der Waals surface area contributed by atoms with Crippen LogP contribution in [0.1, 0.15) is 24.1 Å². The highest BCUT2D eigenvalue weighted by molar-refractivity contribution is 5.13. The molecule has 0 spiro atoms. The van der Waals surface area contributed by atoms with Gasteiger partial charge in [-0.2, -0.15) is 0 Å². The van der Waals surface area contributed by atoms with Crippen LogP contribution in [0.3, 0.4) is 0 Å². The molecule has 0 atom stereocenters. The standard InChI is InChI=1S/C13H20N2O2/c14-7-12-1-2-13(15-8-12)10-17-9-11-3-5-16-6-4-11/h1-2,8,11H,3-7,9-10,14H2. The Morgan fingerprint density at radius 3 is 2.82 bits per heavy atom. The quantitative estimate of drug-likeness (QED) is 0.841. The van der Waals surface area contributed by atoms with Crippen LogP contribution < -0.4 is 5.73 Å². The van der Waals surface area contributed by atoms with Crippen LogP contribution in [0, 0.1) is 5.92 Å². The van der Waals surface area contributed by atoms with Crippen molar-refractivity contribution in [1.82, 2.24) is 4.98 Å². The molecule has 2 rings (SSSR count). The van der Waals surface area contributed by atoms with Crippen LogP contribution in [0.25, 0.3) is 0 Å².